The molecule has 2 N–H and O–H groups in total. The Hall–Kier alpha value is -2.08. The molecule has 1 aliphatic rings. The molecule has 3 heterocycles. The second kappa shape index (κ2) is 6.13. The van der Waals surface area contributed by atoms with Crippen LogP contribution < -0.4 is 5.32 Å². The van der Waals surface area contributed by atoms with E-state index in [2.05, 4.69) is 15.4 Å². The lowest BCUT2D eigenvalue weighted by atomic mass is 10.2. The predicted molar refractivity (Wildman–Crippen MR) is 79.2 cm³/mol. The highest BCUT2D eigenvalue weighted by Crippen LogP contribution is 2.18. The standard InChI is InChI=1S/C15H20N4O2/c1-11-4-5-15(20)14(18-11)8-16-12-7-17-19(9-12)10-13-3-2-6-21-13/h4-5,7,9,13,16,20H,2-3,6,8,10H2,1H3. The van der Waals surface area contributed by atoms with Crippen molar-refractivity contribution in [2.45, 2.75) is 39.0 Å². The molecule has 0 amide bonds. The van der Waals surface area contributed by atoms with Gasteiger partial charge in [0.05, 0.1) is 31.1 Å². The van der Waals surface area contributed by atoms with Crippen LogP contribution in [0, 0.1) is 6.92 Å². The van der Waals surface area contributed by atoms with E-state index in [0.717, 1.165) is 37.4 Å². The predicted octanol–water partition coefficient (Wildman–Crippen LogP) is 2.08. The van der Waals surface area contributed by atoms with Gasteiger partial charge in [0, 0.05) is 18.5 Å². The van der Waals surface area contributed by atoms with E-state index in [1.54, 1.807) is 18.3 Å². The van der Waals surface area contributed by atoms with Crippen molar-refractivity contribution in [1.29, 1.82) is 0 Å². The van der Waals surface area contributed by atoms with Crippen LogP contribution >= 0.6 is 0 Å². The average molecular weight is 288 g/mol. The van der Waals surface area contributed by atoms with Crippen LogP contribution in [0.15, 0.2) is 24.5 Å². The summed E-state index contributed by atoms with van der Waals surface area (Å²) in [6.45, 7) is 4.02. The molecule has 6 heteroatoms. The van der Waals surface area contributed by atoms with Gasteiger partial charge in [-0.3, -0.25) is 9.67 Å². The van der Waals surface area contributed by atoms with Crippen LogP contribution in [0.4, 0.5) is 5.69 Å². The van der Waals surface area contributed by atoms with Crippen LogP contribution in [0.25, 0.3) is 0 Å². The fourth-order valence-electron chi connectivity index (χ4n) is 2.47. The normalized spacial score (nSPS) is 18.0. The first kappa shape index (κ1) is 13.9. The Kier molecular flexibility index (Phi) is 4.06. The van der Waals surface area contributed by atoms with E-state index < -0.39 is 0 Å². The summed E-state index contributed by atoms with van der Waals surface area (Å²) in [5.74, 6) is 0.208. The molecule has 0 saturated carbocycles. The average Bonchev–Trinajstić information content (AvgIpc) is 3.12. The molecule has 6 nitrogen and oxygen atoms in total. The molecule has 2 aromatic rings. The van der Waals surface area contributed by atoms with Crippen LogP contribution in [0.2, 0.25) is 0 Å². The molecule has 1 atom stereocenters. The molecule has 1 fully saturated rings. The van der Waals surface area contributed by atoms with E-state index in [9.17, 15) is 5.11 Å². The molecule has 0 aliphatic carbocycles. The molecular formula is C15H20N4O2. The number of nitrogens with zero attached hydrogens (tertiary/aromatic N) is 3. The molecule has 0 radical (unpaired) electrons. The second-order valence-corrected chi connectivity index (χ2v) is 5.36. The minimum atomic E-state index is 0.208. The molecule has 0 bridgehead atoms. The number of aromatic nitrogens is 3. The van der Waals surface area contributed by atoms with Gasteiger partial charge in [-0.05, 0) is 31.9 Å². The quantitative estimate of drug-likeness (QED) is 0.881. The SMILES string of the molecule is Cc1ccc(O)c(CNc2cnn(CC3CCCO3)c2)n1. The second-order valence-electron chi connectivity index (χ2n) is 5.36. The van der Waals surface area contributed by atoms with Crippen molar-refractivity contribution in [1.82, 2.24) is 14.8 Å². The maximum absolute atomic E-state index is 9.77. The number of aromatic hydroxyl groups is 1. The zero-order valence-electron chi connectivity index (χ0n) is 12.1. The maximum Gasteiger partial charge on any atom is 0.138 e. The van der Waals surface area contributed by atoms with E-state index in [-0.39, 0.29) is 11.9 Å². The van der Waals surface area contributed by atoms with Gasteiger partial charge in [-0.25, -0.2) is 0 Å². The highest BCUT2D eigenvalue weighted by atomic mass is 16.5. The monoisotopic (exact) mass is 288 g/mol. The zero-order chi connectivity index (χ0) is 14.7. The number of aryl methyl sites for hydroxylation is 1. The van der Waals surface area contributed by atoms with Gasteiger partial charge in [-0.2, -0.15) is 5.10 Å². The van der Waals surface area contributed by atoms with Crippen LogP contribution in [-0.2, 0) is 17.8 Å². The van der Waals surface area contributed by atoms with Gasteiger partial charge < -0.3 is 15.2 Å². The van der Waals surface area contributed by atoms with E-state index in [1.807, 2.05) is 17.8 Å². The Morgan fingerprint density at radius 2 is 2.38 bits per heavy atom. The Balaban J connectivity index is 1.58. The molecule has 1 saturated heterocycles. The van der Waals surface area contributed by atoms with Gasteiger partial charge >= 0.3 is 0 Å². The van der Waals surface area contributed by atoms with Gasteiger partial charge in [0.2, 0.25) is 0 Å². The summed E-state index contributed by atoms with van der Waals surface area (Å²) in [5.41, 5.74) is 2.44. The molecule has 1 aliphatic heterocycles. The summed E-state index contributed by atoms with van der Waals surface area (Å²) < 4.78 is 7.49. The largest absolute Gasteiger partial charge is 0.506 e. The first-order valence-corrected chi connectivity index (χ1v) is 7.24. The number of anilines is 1. The molecule has 2 aromatic heterocycles. The lowest BCUT2D eigenvalue weighted by Gasteiger charge is -2.08. The maximum atomic E-state index is 9.77. The summed E-state index contributed by atoms with van der Waals surface area (Å²) >= 11 is 0. The number of pyridine rings is 1. The lowest BCUT2D eigenvalue weighted by molar-refractivity contribution is 0.0940. The van der Waals surface area contributed by atoms with Gasteiger partial charge in [0.25, 0.3) is 0 Å². The van der Waals surface area contributed by atoms with Crippen molar-refractivity contribution >= 4 is 5.69 Å². The van der Waals surface area contributed by atoms with E-state index in [1.165, 1.54) is 0 Å². The third-order valence-electron chi connectivity index (χ3n) is 3.60. The minimum Gasteiger partial charge on any atom is -0.506 e. The number of hydrogen-bond acceptors (Lipinski definition) is 5. The fraction of sp³-hybridized carbons (Fsp3) is 0.467. The summed E-state index contributed by atoms with van der Waals surface area (Å²) in [4.78, 5) is 4.32. The van der Waals surface area contributed by atoms with Gasteiger partial charge in [0.1, 0.15) is 11.4 Å². The van der Waals surface area contributed by atoms with E-state index >= 15 is 0 Å². The number of hydrogen-bond donors (Lipinski definition) is 2. The third kappa shape index (κ3) is 3.52. The van der Waals surface area contributed by atoms with Crippen molar-refractivity contribution in [2.24, 2.45) is 0 Å². The zero-order valence-corrected chi connectivity index (χ0v) is 12.1. The first-order chi connectivity index (χ1) is 10.2. The number of rotatable bonds is 5. The summed E-state index contributed by atoms with van der Waals surface area (Å²) in [6.07, 6.45) is 6.25. The molecule has 3 rings (SSSR count). The van der Waals surface area contributed by atoms with Crippen LogP contribution in [-0.4, -0.2) is 32.6 Å². The summed E-state index contributed by atoms with van der Waals surface area (Å²) in [6, 6.07) is 3.46. The minimum absolute atomic E-state index is 0.208. The van der Waals surface area contributed by atoms with Crippen molar-refractivity contribution < 1.29 is 9.84 Å². The summed E-state index contributed by atoms with van der Waals surface area (Å²) in [5, 5.41) is 17.3. The topological polar surface area (TPSA) is 72.2 Å². The van der Waals surface area contributed by atoms with Crippen molar-refractivity contribution in [3.05, 3.63) is 35.9 Å². The molecule has 21 heavy (non-hydrogen) atoms. The van der Waals surface area contributed by atoms with Gasteiger partial charge in [0.15, 0.2) is 0 Å². The molecule has 0 aromatic carbocycles. The highest BCUT2D eigenvalue weighted by molar-refractivity contribution is 5.40. The van der Waals surface area contributed by atoms with Crippen LogP contribution in [0.1, 0.15) is 24.2 Å². The van der Waals surface area contributed by atoms with Crippen molar-refractivity contribution in [2.75, 3.05) is 11.9 Å². The van der Waals surface area contributed by atoms with Crippen molar-refractivity contribution in [3.8, 4) is 5.75 Å². The first-order valence-electron chi connectivity index (χ1n) is 7.24. The Labute approximate surface area is 123 Å². The Morgan fingerprint density at radius 1 is 1.48 bits per heavy atom. The summed E-state index contributed by atoms with van der Waals surface area (Å²) in [7, 11) is 0. The Bertz CT molecular complexity index is 605. The van der Waals surface area contributed by atoms with Gasteiger partial charge in [-0.1, -0.05) is 0 Å². The fourth-order valence-corrected chi connectivity index (χ4v) is 2.47. The van der Waals surface area contributed by atoms with E-state index in [4.69, 9.17) is 4.74 Å². The molecular weight excluding hydrogens is 268 g/mol. The molecule has 112 valence electrons. The van der Waals surface area contributed by atoms with Crippen LogP contribution in [0.3, 0.4) is 0 Å². The van der Waals surface area contributed by atoms with Gasteiger partial charge in [-0.15, -0.1) is 0 Å². The van der Waals surface area contributed by atoms with E-state index in [0.29, 0.717) is 12.2 Å². The smallest absolute Gasteiger partial charge is 0.138 e. The molecule has 1 unspecified atom stereocenters. The number of nitrogens with one attached hydrogen (secondary N) is 1. The Morgan fingerprint density at radius 3 is 3.19 bits per heavy atom. The molecule has 0 spiro atoms. The van der Waals surface area contributed by atoms with Crippen molar-refractivity contribution in [3.63, 3.8) is 0 Å². The number of ether oxygens (including phenoxy) is 1. The lowest BCUT2D eigenvalue weighted by Crippen LogP contribution is -2.15. The highest BCUT2D eigenvalue weighted by Gasteiger charge is 2.16. The van der Waals surface area contributed by atoms with Crippen LogP contribution in [0.5, 0.6) is 5.75 Å². The third-order valence-corrected chi connectivity index (χ3v) is 3.60.